The van der Waals surface area contributed by atoms with Gasteiger partial charge in [-0.15, -0.1) is 0 Å². The highest BCUT2D eigenvalue weighted by atomic mass is 19.4. The van der Waals surface area contributed by atoms with E-state index < -0.39 is 36.0 Å². The number of alkyl halides is 3. The number of nitrogens with one attached hydrogen (secondary N) is 1. The number of carbonyl (C=O) groups excluding carboxylic acids is 1. The summed E-state index contributed by atoms with van der Waals surface area (Å²) in [6.07, 6.45) is -5.20. The molecule has 1 aliphatic rings. The monoisotopic (exact) mass is 304 g/mol. The Morgan fingerprint density at radius 3 is 2.43 bits per heavy atom. The third-order valence-corrected chi connectivity index (χ3v) is 2.91. The van der Waals surface area contributed by atoms with E-state index in [4.69, 9.17) is 9.84 Å². The molecular weight excluding hydrogens is 293 g/mol. The van der Waals surface area contributed by atoms with Crippen molar-refractivity contribution in [1.29, 1.82) is 0 Å². The van der Waals surface area contributed by atoms with Crippen molar-refractivity contribution in [3.63, 3.8) is 0 Å². The molecule has 2 heterocycles. The fraction of sp³-hybridized carbons (Fsp3) is 0.417. The molecule has 2 rings (SSSR count). The van der Waals surface area contributed by atoms with E-state index in [0.717, 1.165) is 18.3 Å². The van der Waals surface area contributed by atoms with E-state index in [-0.39, 0.29) is 18.5 Å². The largest absolute Gasteiger partial charge is 0.479 e. The number of pyridine rings is 1. The second kappa shape index (κ2) is 5.68. The number of carbonyl (C=O) groups is 2. The topological polar surface area (TPSA) is 88.5 Å². The van der Waals surface area contributed by atoms with Gasteiger partial charge < -0.3 is 15.2 Å². The molecule has 1 amide bonds. The summed E-state index contributed by atoms with van der Waals surface area (Å²) >= 11 is 0. The number of nitrogens with zero attached hydrogens (tertiary/aromatic N) is 1. The summed E-state index contributed by atoms with van der Waals surface area (Å²) in [6.45, 7) is 0. The summed E-state index contributed by atoms with van der Waals surface area (Å²) in [5.41, 5.74) is -0.987. The zero-order valence-electron chi connectivity index (χ0n) is 10.6. The van der Waals surface area contributed by atoms with Gasteiger partial charge in [-0.3, -0.25) is 4.79 Å². The van der Waals surface area contributed by atoms with E-state index in [2.05, 4.69) is 10.3 Å². The molecule has 1 fully saturated rings. The lowest BCUT2D eigenvalue weighted by Gasteiger charge is -2.12. The average molecular weight is 304 g/mol. The minimum Gasteiger partial charge on any atom is -0.479 e. The van der Waals surface area contributed by atoms with Crippen molar-refractivity contribution >= 4 is 17.6 Å². The Hall–Kier alpha value is -2.16. The Balaban J connectivity index is 1.96. The van der Waals surface area contributed by atoms with Gasteiger partial charge in [-0.1, -0.05) is 0 Å². The van der Waals surface area contributed by atoms with Crippen molar-refractivity contribution in [2.75, 3.05) is 5.32 Å². The van der Waals surface area contributed by atoms with E-state index in [1.165, 1.54) is 0 Å². The summed E-state index contributed by atoms with van der Waals surface area (Å²) in [5.74, 6) is -1.76. The smallest absolute Gasteiger partial charge is 0.433 e. The Bertz CT molecular complexity index is 544. The summed E-state index contributed by atoms with van der Waals surface area (Å²) in [7, 11) is 0. The first-order chi connectivity index (χ1) is 9.77. The molecule has 114 valence electrons. The van der Waals surface area contributed by atoms with Crippen molar-refractivity contribution in [2.24, 2.45) is 0 Å². The molecule has 2 unspecified atom stereocenters. The number of hydrogen-bond acceptors (Lipinski definition) is 4. The Kier molecular flexibility index (Phi) is 4.12. The molecular formula is C12H11F3N2O4. The summed E-state index contributed by atoms with van der Waals surface area (Å²) in [6, 6.07) is 1.81. The fourth-order valence-corrected chi connectivity index (χ4v) is 1.87. The summed E-state index contributed by atoms with van der Waals surface area (Å²) in [4.78, 5) is 25.7. The molecule has 6 nitrogen and oxygen atoms in total. The van der Waals surface area contributed by atoms with E-state index in [9.17, 15) is 22.8 Å². The number of carboxylic acid groups (broad SMARTS) is 1. The molecule has 1 aromatic heterocycles. The lowest BCUT2D eigenvalue weighted by atomic mass is 10.2. The highest BCUT2D eigenvalue weighted by molar-refractivity contribution is 5.94. The van der Waals surface area contributed by atoms with Crippen LogP contribution in [0.1, 0.15) is 18.5 Å². The third-order valence-electron chi connectivity index (χ3n) is 2.91. The highest BCUT2D eigenvalue weighted by Crippen LogP contribution is 2.28. The van der Waals surface area contributed by atoms with Crippen LogP contribution in [-0.2, 0) is 20.5 Å². The molecule has 1 aromatic rings. The van der Waals surface area contributed by atoms with Crippen molar-refractivity contribution in [1.82, 2.24) is 4.98 Å². The highest BCUT2D eigenvalue weighted by Gasteiger charge is 2.35. The Morgan fingerprint density at radius 1 is 1.29 bits per heavy atom. The zero-order valence-corrected chi connectivity index (χ0v) is 10.6. The van der Waals surface area contributed by atoms with E-state index in [1.54, 1.807) is 0 Å². The second-order valence-electron chi connectivity index (χ2n) is 4.45. The molecule has 0 spiro atoms. The standard InChI is InChI=1S/C12H11F3N2O4/c13-12(14,15)9-4-1-6(5-16-9)17-10(18)7-2-3-8(21-7)11(19)20/h1,4-5,7-8H,2-3H2,(H,17,18)(H,19,20). The minimum atomic E-state index is -4.55. The fourth-order valence-electron chi connectivity index (χ4n) is 1.87. The molecule has 0 aliphatic carbocycles. The summed E-state index contributed by atoms with van der Waals surface area (Å²) < 4.78 is 42.0. The number of ether oxygens (including phenoxy) is 1. The van der Waals surface area contributed by atoms with Crippen LogP contribution in [0.3, 0.4) is 0 Å². The molecule has 2 atom stereocenters. The molecule has 0 saturated carbocycles. The molecule has 1 saturated heterocycles. The van der Waals surface area contributed by atoms with Crippen molar-refractivity contribution in [2.45, 2.75) is 31.2 Å². The van der Waals surface area contributed by atoms with Crippen LogP contribution in [0.25, 0.3) is 0 Å². The van der Waals surface area contributed by atoms with Gasteiger partial charge >= 0.3 is 12.1 Å². The van der Waals surface area contributed by atoms with Crippen LogP contribution in [0, 0.1) is 0 Å². The minimum absolute atomic E-state index is 0.0791. The van der Waals surface area contributed by atoms with Crippen molar-refractivity contribution < 1.29 is 32.6 Å². The van der Waals surface area contributed by atoms with E-state index >= 15 is 0 Å². The average Bonchev–Trinajstić information content (AvgIpc) is 2.88. The van der Waals surface area contributed by atoms with Crippen LogP contribution in [0.15, 0.2) is 18.3 Å². The molecule has 2 N–H and O–H groups in total. The van der Waals surface area contributed by atoms with Crippen LogP contribution in [-0.4, -0.2) is 34.2 Å². The Labute approximate surface area is 116 Å². The lowest BCUT2D eigenvalue weighted by Crippen LogP contribution is -2.30. The van der Waals surface area contributed by atoms with Crippen LogP contribution in [0.5, 0.6) is 0 Å². The van der Waals surface area contributed by atoms with Gasteiger partial charge in [-0.2, -0.15) is 13.2 Å². The predicted molar refractivity (Wildman–Crippen MR) is 63.4 cm³/mol. The maximum atomic E-state index is 12.3. The first-order valence-corrected chi connectivity index (χ1v) is 6.00. The van der Waals surface area contributed by atoms with Gasteiger partial charge in [0.2, 0.25) is 0 Å². The van der Waals surface area contributed by atoms with Gasteiger partial charge in [0.05, 0.1) is 11.9 Å². The Morgan fingerprint density at radius 2 is 1.95 bits per heavy atom. The SMILES string of the molecule is O=C(O)C1CCC(C(=O)Nc2ccc(C(F)(F)F)nc2)O1. The molecule has 9 heteroatoms. The number of rotatable bonds is 3. The first kappa shape index (κ1) is 15.2. The van der Waals surface area contributed by atoms with Gasteiger partial charge in [0.1, 0.15) is 11.8 Å². The van der Waals surface area contributed by atoms with Crippen LogP contribution < -0.4 is 5.32 Å². The molecule has 0 aromatic carbocycles. The maximum absolute atomic E-state index is 12.3. The second-order valence-corrected chi connectivity index (χ2v) is 4.45. The zero-order chi connectivity index (χ0) is 15.6. The van der Waals surface area contributed by atoms with Crippen molar-refractivity contribution in [3.8, 4) is 0 Å². The van der Waals surface area contributed by atoms with Gasteiger partial charge in [-0.25, -0.2) is 9.78 Å². The number of amides is 1. The van der Waals surface area contributed by atoms with Crippen LogP contribution in [0.2, 0.25) is 0 Å². The van der Waals surface area contributed by atoms with Gasteiger partial charge in [-0.05, 0) is 25.0 Å². The quantitative estimate of drug-likeness (QED) is 0.887. The number of carboxylic acids is 1. The van der Waals surface area contributed by atoms with Gasteiger partial charge in [0.25, 0.3) is 5.91 Å². The maximum Gasteiger partial charge on any atom is 0.433 e. The van der Waals surface area contributed by atoms with E-state index in [0.29, 0.717) is 0 Å². The van der Waals surface area contributed by atoms with Gasteiger partial charge in [0, 0.05) is 0 Å². The molecule has 0 bridgehead atoms. The van der Waals surface area contributed by atoms with Gasteiger partial charge in [0.15, 0.2) is 6.10 Å². The van der Waals surface area contributed by atoms with Crippen LogP contribution in [0.4, 0.5) is 18.9 Å². The van der Waals surface area contributed by atoms with Crippen LogP contribution >= 0.6 is 0 Å². The lowest BCUT2D eigenvalue weighted by molar-refractivity contribution is -0.151. The number of halogens is 3. The number of aromatic nitrogens is 1. The number of hydrogen-bond donors (Lipinski definition) is 2. The van der Waals surface area contributed by atoms with Crippen molar-refractivity contribution in [3.05, 3.63) is 24.0 Å². The molecule has 0 radical (unpaired) electrons. The first-order valence-electron chi connectivity index (χ1n) is 6.00. The molecule has 1 aliphatic heterocycles. The number of anilines is 1. The number of aliphatic carboxylic acids is 1. The third kappa shape index (κ3) is 3.69. The normalized spacial score (nSPS) is 22.0. The molecule has 21 heavy (non-hydrogen) atoms. The predicted octanol–water partition coefficient (Wildman–Crippen LogP) is 1.67. The van der Waals surface area contributed by atoms with E-state index in [1.807, 2.05) is 0 Å². The summed E-state index contributed by atoms with van der Waals surface area (Å²) in [5, 5.41) is 11.1.